The number of pyridine rings is 1. The maximum atomic E-state index is 14.8. The summed E-state index contributed by atoms with van der Waals surface area (Å²) in [4.78, 5) is 61.0. The number of fused-ring (bicyclic) bond motifs is 3. The number of rotatable bonds is 9. The Morgan fingerprint density at radius 3 is 2.50 bits per heavy atom. The summed E-state index contributed by atoms with van der Waals surface area (Å²) < 4.78 is 109. The van der Waals surface area contributed by atoms with Gasteiger partial charge in [0.2, 0.25) is 27.7 Å². The second kappa shape index (κ2) is 15.8. The Bertz CT molecular complexity index is 2100. The number of sulfonamides is 1. The molecule has 14 nitrogen and oxygen atoms in total. The molecule has 2 saturated carbocycles. The Morgan fingerprint density at radius 2 is 1.88 bits per heavy atom. The van der Waals surface area contributed by atoms with Gasteiger partial charge in [-0.3, -0.25) is 24.0 Å². The fourth-order valence-electron chi connectivity index (χ4n) is 8.22. The molecule has 3 fully saturated rings. The highest BCUT2D eigenvalue weighted by molar-refractivity contribution is 7.91. The van der Waals surface area contributed by atoms with Crippen LogP contribution >= 0.6 is 0 Å². The van der Waals surface area contributed by atoms with Crippen molar-refractivity contribution in [2.45, 2.75) is 106 Å². The number of carbonyl (C=O) groups excluding carboxylic acids is 3. The van der Waals surface area contributed by atoms with E-state index in [9.17, 15) is 54.7 Å². The highest BCUT2D eigenvalue weighted by atomic mass is 32.2. The number of halogens is 5. The average Bonchev–Trinajstić information content (AvgIpc) is 4.05. The van der Waals surface area contributed by atoms with E-state index >= 15 is 0 Å². The quantitative estimate of drug-likeness (QED) is 0.233. The van der Waals surface area contributed by atoms with Crippen LogP contribution in [0.5, 0.6) is 11.6 Å². The summed E-state index contributed by atoms with van der Waals surface area (Å²) in [6.07, 6.45) is -3.04. The van der Waals surface area contributed by atoms with Gasteiger partial charge in [0.1, 0.15) is 52.8 Å². The van der Waals surface area contributed by atoms with Crippen LogP contribution in [0.3, 0.4) is 0 Å². The lowest BCUT2D eigenvalue weighted by Crippen LogP contribution is -2.62. The largest absolute Gasteiger partial charge is 0.496 e. The van der Waals surface area contributed by atoms with Crippen LogP contribution in [0.4, 0.5) is 26.7 Å². The maximum absolute atomic E-state index is 14.8. The Kier molecular flexibility index (Phi) is 11.7. The molecular weight excluding hydrogens is 798 g/mol. The van der Waals surface area contributed by atoms with E-state index in [-0.39, 0.29) is 59.9 Å². The average molecular weight is 844 g/mol. The van der Waals surface area contributed by atoms with Crippen LogP contribution in [0.1, 0.15) is 65.7 Å². The number of ether oxygens (including phenoxy) is 2. The first kappa shape index (κ1) is 42.8. The summed E-state index contributed by atoms with van der Waals surface area (Å²) in [6, 6.07) is -2.39. The van der Waals surface area contributed by atoms with Crippen molar-refractivity contribution in [3.8, 4) is 11.6 Å². The molecule has 0 spiro atoms. The number of carbonyl (C=O) groups is 4. The predicted octanol–water partition coefficient (Wildman–Crippen LogP) is 4.87. The third-order valence-electron chi connectivity index (χ3n) is 11.9. The molecule has 1 saturated heterocycles. The van der Waals surface area contributed by atoms with Gasteiger partial charge in [-0.05, 0) is 69.4 Å². The minimum absolute atomic E-state index is 0.0155. The van der Waals surface area contributed by atoms with Gasteiger partial charge in [-0.25, -0.2) is 27.0 Å². The molecule has 3 heterocycles. The Labute approximate surface area is 331 Å². The molecule has 1 aromatic carbocycles. The van der Waals surface area contributed by atoms with Crippen molar-refractivity contribution in [3.05, 3.63) is 42.4 Å². The molecule has 6 rings (SSSR count). The van der Waals surface area contributed by atoms with Crippen molar-refractivity contribution < 1.29 is 64.1 Å². The Morgan fingerprint density at radius 1 is 1.17 bits per heavy atom. The zero-order valence-corrected chi connectivity index (χ0v) is 33.0. The molecular formula is C38H46F5N5O9S. The predicted molar refractivity (Wildman–Crippen MR) is 197 cm³/mol. The third kappa shape index (κ3) is 8.12. The topological polar surface area (TPSA) is 185 Å². The molecule has 3 N–H and O–H groups in total. The summed E-state index contributed by atoms with van der Waals surface area (Å²) in [7, 11) is -3.20. The number of nitrogens with one attached hydrogen (secondary N) is 2. The van der Waals surface area contributed by atoms with Crippen molar-refractivity contribution in [3.63, 3.8) is 0 Å². The lowest BCUT2D eigenvalue weighted by atomic mass is 9.86. The molecule has 20 heteroatoms. The molecule has 2 aliphatic carbocycles. The number of methoxy groups -OCH3 is 1. The van der Waals surface area contributed by atoms with Gasteiger partial charge in [-0.15, -0.1) is 0 Å². The van der Waals surface area contributed by atoms with Crippen LogP contribution in [-0.2, 0) is 24.4 Å². The van der Waals surface area contributed by atoms with Gasteiger partial charge in [0.15, 0.2) is 0 Å². The SMILES string of the molecule is COc1cc(F)cc2c(O[C@@H]3C[C@H]4C(=O)N[C@]5(C(=O)NS(=O)(=O)C6(CF)CC6)C[C@H]5C=CCC[C@H](C)C[C@@H](C)[C@H](N(C(=O)O)[C@H](C)C(F)(F)F)C(=O)N4C3)nccc12. The number of alkyl halides is 4. The number of allylic oxidation sites excluding steroid dienone is 1. The molecule has 2 aliphatic heterocycles. The molecule has 2 aromatic rings. The molecule has 0 unspecified atom stereocenters. The fourth-order valence-corrected chi connectivity index (χ4v) is 9.64. The van der Waals surface area contributed by atoms with Gasteiger partial charge < -0.3 is 24.8 Å². The van der Waals surface area contributed by atoms with Crippen LogP contribution in [0, 0.1) is 23.6 Å². The van der Waals surface area contributed by atoms with Crippen molar-refractivity contribution in [1.29, 1.82) is 0 Å². The fraction of sp³-hybridized carbons (Fsp3) is 0.605. The van der Waals surface area contributed by atoms with E-state index in [1.807, 2.05) is 4.72 Å². The summed E-state index contributed by atoms with van der Waals surface area (Å²) >= 11 is 0. The van der Waals surface area contributed by atoms with Crippen LogP contribution in [0.2, 0.25) is 0 Å². The van der Waals surface area contributed by atoms with Gasteiger partial charge in [0.05, 0.1) is 19.0 Å². The van der Waals surface area contributed by atoms with Crippen molar-refractivity contribution in [2.24, 2.45) is 17.8 Å². The van der Waals surface area contributed by atoms with E-state index in [2.05, 4.69) is 10.3 Å². The smallest absolute Gasteiger partial charge is 0.408 e. The van der Waals surface area contributed by atoms with E-state index in [1.54, 1.807) is 19.1 Å². The number of carboxylic acid groups (broad SMARTS) is 1. The zero-order chi connectivity index (χ0) is 42.5. The lowest BCUT2D eigenvalue weighted by Gasteiger charge is -2.40. The lowest BCUT2D eigenvalue weighted by molar-refractivity contribution is -0.184. The number of hydrogen-bond donors (Lipinski definition) is 3. The van der Waals surface area contributed by atoms with Gasteiger partial charge in [0, 0.05) is 30.0 Å². The molecule has 0 radical (unpaired) electrons. The van der Waals surface area contributed by atoms with Crippen molar-refractivity contribution >= 4 is 44.6 Å². The highest BCUT2D eigenvalue weighted by Gasteiger charge is 2.64. The third-order valence-corrected chi connectivity index (χ3v) is 14.0. The molecule has 58 heavy (non-hydrogen) atoms. The molecule has 4 amide bonds. The standard InChI is InChI=1S/C38H46F5N5O9S/c1-20-7-5-6-8-23-17-37(23,34(51)46-58(54,55)36(19-39)10-11-36)45-31(49)28-16-25(57-32-27-14-24(40)15-29(56-4)26(27)9-12-44-32)18-47(28)33(50)30(21(2)13-20)48(35(52)53)22(3)38(41,42)43/h6,8-9,12,14-15,20-23,25,28,30H,5,7,10-11,13,16-19H2,1-4H3,(H,45,49)(H,46,51)(H,52,53)/t20-,21+,22+,23+,25+,28-,30-,37+/m0/s1. The number of amides is 4. The summed E-state index contributed by atoms with van der Waals surface area (Å²) in [5.41, 5.74) is -1.87. The second-order valence-electron chi connectivity index (χ2n) is 16.0. The van der Waals surface area contributed by atoms with Crippen LogP contribution in [-0.4, -0.2) is 113 Å². The van der Waals surface area contributed by atoms with Gasteiger partial charge >= 0.3 is 12.3 Å². The maximum Gasteiger partial charge on any atom is 0.408 e. The molecule has 8 atom stereocenters. The molecule has 318 valence electrons. The minimum Gasteiger partial charge on any atom is -0.496 e. The van der Waals surface area contributed by atoms with E-state index in [0.717, 1.165) is 17.0 Å². The second-order valence-corrected chi connectivity index (χ2v) is 18.1. The number of aromatic nitrogens is 1. The molecule has 0 bridgehead atoms. The van der Waals surface area contributed by atoms with E-state index in [4.69, 9.17) is 9.47 Å². The van der Waals surface area contributed by atoms with Gasteiger partial charge in [-0.1, -0.05) is 26.0 Å². The summed E-state index contributed by atoms with van der Waals surface area (Å²) in [5.74, 6) is -5.94. The summed E-state index contributed by atoms with van der Waals surface area (Å²) in [5, 5.41) is 13.4. The van der Waals surface area contributed by atoms with E-state index in [1.165, 1.54) is 26.3 Å². The van der Waals surface area contributed by atoms with Crippen molar-refractivity contribution in [1.82, 2.24) is 24.8 Å². The first-order valence-electron chi connectivity index (χ1n) is 19.0. The van der Waals surface area contributed by atoms with Gasteiger partial charge in [-0.2, -0.15) is 13.2 Å². The summed E-state index contributed by atoms with van der Waals surface area (Å²) in [6.45, 7) is 2.16. The van der Waals surface area contributed by atoms with Crippen molar-refractivity contribution in [2.75, 3.05) is 20.3 Å². The van der Waals surface area contributed by atoms with E-state index in [0.29, 0.717) is 25.2 Å². The Balaban J connectivity index is 1.42. The van der Waals surface area contributed by atoms with Crippen LogP contribution in [0.25, 0.3) is 10.8 Å². The molecule has 1 aromatic heterocycles. The monoisotopic (exact) mass is 843 g/mol. The first-order valence-corrected chi connectivity index (χ1v) is 20.5. The normalized spacial score (nSPS) is 29.2. The Hall–Kier alpha value is -4.75. The van der Waals surface area contributed by atoms with Crippen LogP contribution in [0.15, 0.2) is 36.5 Å². The number of nitrogens with zero attached hydrogens (tertiary/aromatic N) is 3. The molecule has 4 aliphatic rings. The highest BCUT2D eigenvalue weighted by Crippen LogP contribution is 2.48. The number of benzene rings is 1. The van der Waals surface area contributed by atoms with E-state index < -0.39 is 105 Å². The van der Waals surface area contributed by atoms with Gasteiger partial charge in [0.25, 0.3) is 5.91 Å². The minimum atomic E-state index is -5.09. The number of hydrogen-bond acceptors (Lipinski definition) is 9. The van der Waals surface area contributed by atoms with Crippen LogP contribution < -0.4 is 19.5 Å². The zero-order valence-electron chi connectivity index (χ0n) is 32.2. The first-order chi connectivity index (χ1) is 27.2.